The molecule has 0 aliphatic rings. The van der Waals surface area contributed by atoms with Crippen LogP contribution in [0.5, 0.6) is 5.75 Å². The zero-order valence-electron chi connectivity index (χ0n) is 9.90. The van der Waals surface area contributed by atoms with Gasteiger partial charge < -0.3 is 9.47 Å². The van der Waals surface area contributed by atoms with Crippen LogP contribution in [0, 0.1) is 0 Å². The fourth-order valence-electron chi connectivity index (χ4n) is 1.29. The highest BCUT2D eigenvalue weighted by molar-refractivity contribution is 5.91. The molecule has 0 aliphatic heterocycles. The molecule has 0 saturated heterocycles. The number of nitrogens with zero attached hydrogens (tertiary/aromatic N) is 1. The molecule has 0 spiro atoms. The van der Waals surface area contributed by atoms with Crippen molar-refractivity contribution in [2.24, 2.45) is 0 Å². The van der Waals surface area contributed by atoms with Gasteiger partial charge in [-0.1, -0.05) is 0 Å². The van der Waals surface area contributed by atoms with Crippen molar-refractivity contribution >= 4 is 11.6 Å². The van der Waals surface area contributed by atoms with Gasteiger partial charge in [-0.15, -0.1) is 0 Å². The lowest BCUT2D eigenvalue weighted by Crippen LogP contribution is -2.30. The van der Waals surface area contributed by atoms with Crippen LogP contribution in [-0.2, 0) is 9.53 Å². The summed E-state index contributed by atoms with van der Waals surface area (Å²) in [5.41, 5.74) is 0.807. The summed E-state index contributed by atoms with van der Waals surface area (Å²) >= 11 is 0. The van der Waals surface area contributed by atoms with Gasteiger partial charge in [0.05, 0.1) is 7.11 Å². The van der Waals surface area contributed by atoms with Crippen molar-refractivity contribution in [1.82, 2.24) is 0 Å². The predicted octanol–water partition coefficient (Wildman–Crippen LogP) is 2.04. The SMILES string of the molecule is CCOCN(C(C)=O)c1ccc(OC)cc1. The maximum absolute atomic E-state index is 11.4. The summed E-state index contributed by atoms with van der Waals surface area (Å²) in [5, 5.41) is 0. The average molecular weight is 223 g/mol. The number of anilines is 1. The highest BCUT2D eigenvalue weighted by Gasteiger charge is 2.10. The highest BCUT2D eigenvalue weighted by atomic mass is 16.5. The topological polar surface area (TPSA) is 38.8 Å². The molecule has 0 bridgehead atoms. The molecule has 16 heavy (non-hydrogen) atoms. The molecule has 4 nitrogen and oxygen atoms in total. The largest absolute Gasteiger partial charge is 0.497 e. The lowest BCUT2D eigenvalue weighted by molar-refractivity contribution is -0.117. The van der Waals surface area contributed by atoms with E-state index >= 15 is 0 Å². The molecular weight excluding hydrogens is 206 g/mol. The fourth-order valence-corrected chi connectivity index (χ4v) is 1.29. The van der Waals surface area contributed by atoms with E-state index in [2.05, 4.69) is 0 Å². The second-order valence-corrected chi connectivity index (χ2v) is 3.27. The summed E-state index contributed by atoms with van der Waals surface area (Å²) < 4.78 is 10.3. The van der Waals surface area contributed by atoms with E-state index < -0.39 is 0 Å². The van der Waals surface area contributed by atoms with Crippen LogP contribution < -0.4 is 9.64 Å². The van der Waals surface area contributed by atoms with Gasteiger partial charge in [0, 0.05) is 19.2 Å². The maximum atomic E-state index is 11.4. The molecule has 1 aromatic carbocycles. The minimum absolute atomic E-state index is 0.0429. The number of hydrogen-bond donors (Lipinski definition) is 0. The zero-order valence-corrected chi connectivity index (χ0v) is 9.90. The number of methoxy groups -OCH3 is 1. The smallest absolute Gasteiger partial charge is 0.225 e. The van der Waals surface area contributed by atoms with E-state index in [9.17, 15) is 4.79 Å². The van der Waals surface area contributed by atoms with Gasteiger partial charge in [0.1, 0.15) is 12.5 Å². The first kappa shape index (κ1) is 12.5. The molecule has 0 fully saturated rings. The quantitative estimate of drug-likeness (QED) is 0.717. The van der Waals surface area contributed by atoms with Gasteiger partial charge in [-0.2, -0.15) is 0 Å². The van der Waals surface area contributed by atoms with Crippen molar-refractivity contribution in [2.45, 2.75) is 13.8 Å². The molecule has 88 valence electrons. The number of carbonyl (C=O) groups excluding carboxylic acids is 1. The van der Waals surface area contributed by atoms with E-state index in [4.69, 9.17) is 9.47 Å². The number of hydrogen-bond acceptors (Lipinski definition) is 3. The minimum atomic E-state index is -0.0429. The molecular formula is C12H17NO3. The molecule has 1 rings (SSSR count). The molecule has 0 heterocycles. The number of benzene rings is 1. The predicted molar refractivity (Wildman–Crippen MR) is 62.6 cm³/mol. The van der Waals surface area contributed by atoms with E-state index in [-0.39, 0.29) is 12.6 Å². The second-order valence-electron chi connectivity index (χ2n) is 3.27. The number of carbonyl (C=O) groups is 1. The second kappa shape index (κ2) is 6.12. The number of amides is 1. The lowest BCUT2D eigenvalue weighted by Gasteiger charge is -2.20. The molecule has 0 N–H and O–H groups in total. The first-order chi connectivity index (χ1) is 7.69. The van der Waals surface area contributed by atoms with Gasteiger partial charge in [0.15, 0.2) is 0 Å². The van der Waals surface area contributed by atoms with Crippen LogP contribution in [0.3, 0.4) is 0 Å². The minimum Gasteiger partial charge on any atom is -0.497 e. The fraction of sp³-hybridized carbons (Fsp3) is 0.417. The van der Waals surface area contributed by atoms with Crippen molar-refractivity contribution < 1.29 is 14.3 Å². The summed E-state index contributed by atoms with van der Waals surface area (Å²) in [6.45, 7) is 4.27. The van der Waals surface area contributed by atoms with E-state index in [1.165, 1.54) is 6.92 Å². The van der Waals surface area contributed by atoms with Crippen molar-refractivity contribution in [2.75, 3.05) is 25.3 Å². The van der Waals surface area contributed by atoms with Crippen LogP contribution in [0.2, 0.25) is 0 Å². The Bertz CT molecular complexity index is 335. The van der Waals surface area contributed by atoms with Crippen LogP contribution in [0.15, 0.2) is 24.3 Å². The van der Waals surface area contributed by atoms with Crippen LogP contribution in [0.1, 0.15) is 13.8 Å². The van der Waals surface area contributed by atoms with E-state index in [0.29, 0.717) is 6.61 Å². The van der Waals surface area contributed by atoms with Crippen LogP contribution >= 0.6 is 0 Å². The number of rotatable bonds is 5. The highest BCUT2D eigenvalue weighted by Crippen LogP contribution is 2.19. The molecule has 0 aromatic heterocycles. The third-order valence-electron chi connectivity index (χ3n) is 2.19. The molecule has 1 amide bonds. The molecule has 0 unspecified atom stereocenters. The normalized spacial score (nSPS) is 9.94. The van der Waals surface area contributed by atoms with Crippen molar-refractivity contribution in [3.8, 4) is 5.75 Å². The molecule has 0 aliphatic carbocycles. The molecule has 0 atom stereocenters. The Morgan fingerprint density at radius 3 is 2.38 bits per heavy atom. The van der Waals surface area contributed by atoms with Gasteiger partial charge in [0.2, 0.25) is 5.91 Å². The third kappa shape index (κ3) is 3.24. The lowest BCUT2D eigenvalue weighted by atomic mass is 10.3. The standard InChI is InChI=1S/C12H17NO3/c1-4-16-9-13(10(2)14)11-5-7-12(15-3)8-6-11/h5-8H,4,9H2,1-3H3. The van der Waals surface area contributed by atoms with Gasteiger partial charge in [-0.3, -0.25) is 9.69 Å². The van der Waals surface area contributed by atoms with Crippen molar-refractivity contribution in [1.29, 1.82) is 0 Å². The first-order valence-corrected chi connectivity index (χ1v) is 5.19. The third-order valence-corrected chi connectivity index (χ3v) is 2.19. The van der Waals surface area contributed by atoms with Crippen molar-refractivity contribution in [3.63, 3.8) is 0 Å². The Hall–Kier alpha value is -1.55. The molecule has 0 saturated carbocycles. The maximum Gasteiger partial charge on any atom is 0.225 e. The Labute approximate surface area is 95.8 Å². The van der Waals surface area contributed by atoms with E-state index in [1.54, 1.807) is 12.0 Å². The van der Waals surface area contributed by atoms with Gasteiger partial charge in [0.25, 0.3) is 0 Å². The van der Waals surface area contributed by atoms with Crippen LogP contribution in [-0.4, -0.2) is 26.4 Å². The Morgan fingerprint density at radius 1 is 1.31 bits per heavy atom. The monoisotopic (exact) mass is 223 g/mol. The van der Waals surface area contributed by atoms with Gasteiger partial charge >= 0.3 is 0 Å². The summed E-state index contributed by atoms with van der Waals surface area (Å²) in [5.74, 6) is 0.724. The Morgan fingerprint density at radius 2 is 1.94 bits per heavy atom. The molecule has 1 aromatic rings. The summed E-state index contributed by atoms with van der Waals surface area (Å²) in [4.78, 5) is 13.0. The first-order valence-electron chi connectivity index (χ1n) is 5.19. The van der Waals surface area contributed by atoms with Gasteiger partial charge in [-0.05, 0) is 31.2 Å². The Balaban J connectivity index is 2.79. The summed E-state index contributed by atoms with van der Waals surface area (Å²) in [6, 6.07) is 7.30. The van der Waals surface area contributed by atoms with Gasteiger partial charge in [-0.25, -0.2) is 0 Å². The molecule has 0 radical (unpaired) electrons. The molecule has 4 heteroatoms. The number of ether oxygens (including phenoxy) is 2. The van der Waals surface area contributed by atoms with E-state index in [1.807, 2.05) is 31.2 Å². The summed E-state index contributed by atoms with van der Waals surface area (Å²) in [6.07, 6.45) is 0. The van der Waals surface area contributed by atoms with Crippen molar-refractivity contribution in [3.05, 3.63) is 24.3 Å². The average Bonchev–Trinajstić information content (AvgIpc) is 2.30. The summed E-state index contributed by atoms with van der Waals surface area (Å²) in [7, 11) is 1.61. The van der Waals surface area contributed by atoms with E-state index in [0.717, 1.165) is 11.4 Å². The van der Waals surface area contributed by atoms with Crippen LogP contribution in [0.25, 0.3) is 0 Å². The zero-order chi connectivity index (χ0) is 12.0. The van der Waals surface area contributed by atoms with Crippen LogP contribution in [0.4, 0.5) is 5.69 Å². The Kier molecular flexibility index (Phi) is 4.79.